The summed E-state index contributed by atoms with van der Waals surface area (Å²) in [5.41, 5.74) is 1.12. The number of benzene rings is 1. The SMILES string of the molecule is C[C@@H](c1ccccc1)N(C)C(=O)NC1CCN(C(=O)C2CC2)CC1. The highest BCUT2D eigenvalue weighted by Crippen LogP contribution is 2.32. The van der Waals surface area contributed by atoms with E-state index in [1.165, 1.54) is 0 Å². The fourth-order valence-electron chi connectivity index (χ4n) is 3.24. The minimum Gasteiger partial charge on any atom is -0.342 e. The van der Waals surface area contributed by atoms with Crippen LogP contribution in [0.3, 0.4) is 0 Å². The number of hydrogen-bond donors (Lipinski definition) is 1. The number of nitrogens with zero attached hydrogens (tertiary/aromatic N) is 2. The fourth-order valence-corrected chi connectivity index (χ4v) is 3.24. The van der Waals surface area contributed by atoms with Crippen molar-refractivity contribution in [1.29, 1.82) is 0 Å². The second-order valence-electron chi connectivity index (χ2n) is 7.02. The van der Waals surface area contributed by atoms with Gasteiger partial charge in [-0.3, -0.25) is 4.79 Å². The molecule has 0 radical (unpaired) electrons. The summed E-state index contributed by atoms with van der Waals surface area (Å²) in [6.45, 7) is 3.56. The Morgan fingerprint density at radius 1 is 1.12 bits per heavy atom. The van der Waals surface area contributed by atoms with Crippen molar-refractivity contribution in [2.45, 2.75) is 44.7 Å². The molecule has 1 aliphatic carbocycles. The van der Waals surface area contributed by atoms with Gasteiger partial charge < -0.3 is 15.1 Å². The van der Waals surface area contributed by atoms with Crippen molar-refractivity contribution in [3.05, 3.63) is 35.9 Å². The Labute approximate surface area is 144 Å². The van der Waals surface area contributed by atoms with E-state index < -0.39 is 0 Å². The average Bonchev–Trinajstić information content (AvgIpc) is 3.46. The molecule has 0 unspecified atom stereocenters. The van der Waals surface area contributed by atoms with Crippen LogP contribution >= 0.6 is 0 Å². The second-order valence-corrected chi connectivity index (χ2v) is 7.02. The molecule has 1 saturated heterocycles. The van der Waals surface area contributed by atoms with Crippen molar-refractivity contribution < 1.29 is 9.59 Å². The molecule has 3 rings (SSSR count). The van der Waals surface area contributed by atoms with Crippen LogP contribution in [-0.4, -0.2) is 47.9 Å². The fraction of sp³-hybridized carbons (Fsp3) is 0.579. The molecule has 5 heteroatoms. The Morgan fingerprint density at radius 3 is 2.33 bits per heavy atom. The monoisotopic (exact) mass is 329 g/mol. The molecule has 1 heterocycles. The number of carbonyl (C=O) groups excluding carboxylic acids is 2. The predicted molar refractivity (Wildman–Crippen MR) is 93.5 cm³/mol. The van der Waals surface area contributed by atoms with Crippen LogP contribution in [0.1, 0.15) is 44.2 Å². The van der Waals surface area contributed by atoms with Crippen LogP contribution in [0, 0.1) is 5.92 Å². The topological polar surface area (TPSA) is 52.7 Å². The number of carbonyl (C=O) groups is 2. The summed E-state index contributed by atoms with van der Waals surface area (Å²) in [6, 6.07) is 10.2. The Hall–Kier alpha value is -2.04. The summed E-state index contributed by atoms with van der Waals surface area (Å²) >= 11 is 0. The Morgan fingerprint density at radius 2 is 1.75 bits per heavy atom. The molecule has 2 aliphatic rings. The van der Waals surface area contributed by atoms with Crippen LogP contribution in [0.4, 0.5) is 4.79 Å². The Kier molecular flexibility index (Phi) is 5.07. The normalized spacial score (nSPS) is 19.7. The number of urea groups is 1. The molecule has 1 N–H and O–H groups in total. The summed E-state index contributed by atoms with van der Waals surface area (Å²) in [7, 11) is 1.83. The van der Waals surface area contributed by atoms with Gasteiger partial charge in [-0.2, -0.15) is 0 Å². The molecule has 0 spiro atoms. The van der Waals surface area contributed by atoms with Gasteiger partial charge >= 0.3 is 6.03 Å². The van der Waals surface area contributed by atoms with E-state index >= 15 is 0 Å². The van der Waals surface area contributed by atoms with Crippen LogP contribution in [0.25, 0.3) is 0 Å². The van der Waals surface area contributed by atoms with Gasteiger partial charge in [-0.1, -0.05) is 30.3 Å². The molecule has 3 amide bonds. The van der Waals surface area contributed by atoms with Crippen molar-refractivity contribution in [2.24, 2.45) is 5.92 Å². The van der Waals surface area contributed by atoms with Gasteiger partial charge in [-0.25, -0.2) is 4.79 Å². The molecule has 2 fully saturated rings. The smallest absolute Gasteiger partial charge is 0.317 e. The Bertz CT molecular complexity index is 578. The second kappa shape index (κ2) is 7.24. The van der Waals surface area contributed by atoms with Gasteiger partial charge in [0.1, 0.15) is 0 Å². The maximum atomic E-state index is 12.5. The van der Waals surface area contributed by atoms with Crippen LogP contribution in [0.5, 0.6) is 0 Å². The first-order valence-electron chi connectivity index (χ1n) is 8.93. The molecule has 130 valence electrons. The van der Waals surface area contributed by atoms with E-state index in [-0.39, 0.29) is 24.0 Å². The molecule has 1 aliphatic heterocycles. The number of nitrogens with one attached hydrogen (secondary N) is 1. The lowest BCUT2D eigenvalue weighted by Gasteiger charge is -2.34. The quantitative estimate of drug-likeness (QED) is 0.923. The van der Waals surface area contributed by atoms with E-state index in [9.17, 15) is 9.59 Å². The van der Waals surface area contributed by atoms with Crippen molar-refractivity contribution in [2.75, 3.05) is 20.1 Å². The summed E-state index contributed by atoms with van der Waals surface area (Å²) in [5.74, 6) is 0.601. The lowest BCUT2D eigenvalue weighted by Crippen LogP contribution is -2.50. The third-order valence-electron chi connectivity index (χ3n) is 5.24. The van der Waals surface area contributed by atoms with Gasteiger partial charge in [0, 0.05) is 32.1 Å². The van der Waals surface area contributed by atoms with Crippen LogP contribution < -0.4 is 5.32 Å². The zero-order valence-corrected chi connectivity index (χ0v) is 14.6. The molecule has 1 atom stereocenters. The lowest BCUT2D eigenvalue weighted by atomic mass is 10.0. The maximum Gasteiger partial charge on any atom is 0.317 e. The van der Waals surface area contributed by atoms with Gasteiger partial charge in [0.2, 0.25) is 5.91 Å². The summed E-state index contributed by atoms with van der Waals surface area (Å²) in [4.78, 5) is 28.3. The molecule has 1 saturated carbocycles. The molecule has 24 heavy (non-hydrogen) atoms. The highest BCUT2D eigenvalue weighted by atomic mass is 16.2. The minimum atomic E-state index is -0.0432. The van der Waals surface area contributed by atoms with E-state index in [1.54, 1.807) is 4.90 Å². The summed E-state index contributed by atoms with van der Waals surface area (Å²) < 4.78 is 0. The van der Waals surface area contributed by atoms with E-state index in [4.69, 9.17) is 0 Å². The highest BCUT2D eigenvalue weighted by Gasteiger charge is 2.35. The van der Waals surface area contributed by atoms with Crippen LogP contribution in [-0.2, 0) is 4.79 Å². The van der Waals surface area contributed by atoms with E-state index in [0.717, 1.165) is 44.3 Å². The zero-order chi connectivity index (χ0) is 17.1. The van der Waals surface area contributed by atoms with Gasteiger partial charge in [-0.05, 0) is 38.2 Å². The third kappa shape index (κ3) is 3.89. The molecule has 0 aromatic heterocycles. The Balaban J connectivity index is 1.47. The largest absolute Gasteiger partial charge is 0.342 e. The first-order chi connectivity index (χ1) is 11.6. The van der Waals surface area contributed by atoms with Crippen LogP contribution in [0.15, 0.2) is 30.3 Å². The first-order valence-corrected chi connectivity index (χ1v) is 8.93. The number of hydrogen-bond acceptors (Lipinski definition) is 2. The predicted octanol–water partition coefficient (Wildman–Crippen LogP) is 2.79. The molecule has 1 aromatic rings. The van der Waals surface area contributed by atoms with Crippen molar-refractivity contribution in [1.82, 2.24) is 15.1 Å². The molecular formula is C19H27N3O2. The van der Waals surface area contributed by atoms with E-state index in [2.05, 4.69) is 5.32 Å². The van der Waals surface area contributed by atoms with Gasteiger partial charge in [0.25, 0.3) is 0 Å². The van der Waals surface area contributed by atoms with Crippen LogP contribution in [0.2, 0.25) is 0 Å². The summed E-state index contributed by atoms with van der Waals surface area (Å²) in [5, 5.41) is 3.12. The van der Waals surface area contributed by atoms with E-state index in [0.29, 0.717) is 5.91 Å². The number of amides is 3. The third-order valence-corrected chi connectivity index (χ3v) is 5.24. The lowest BCUT2D eigenvalue weighted by molar-refractivity contribution is -0.133. The van der Waals surface area contributed by atoms with E-state index in [1.807, 2.05) is 49.2 Å². The number of piperidine rings is 1. The standard InChI is InChI=1S/C19H27N3O2/c1-14(15-6-4-3-5-7-15)21(2)19(24)20-17-10-12-22(13-11-17)18(23)16-8-9-16/h3-7,14,16-17H,8-13H2,1-2H3,(H,20,24)/t14-/m0/s1. The van der Waals surface area contributed by atoms with Crippen molar-refractivity contribution in [3.63, 3.8) is 0 Å². The summed E-state index contributed by atoms with van der Waals surface area (Å²) in [6.07, 6.45) is 3.80. The zero-order valence-electron chi connectivity index (χ0n) is 14.6. The average molecular weight is 329 g/mol. The first kappa shape index (κ1) is 16.8. The highest BCUT2D eigenvalue weighted by molar-refractivity contribution is 5.81. The molecule has 5 nitrogen and oxygen atoms in total. The minimum absolute atomic E-state index is 0.0303. The number of likely N-dealkylation sites (tertiary alicyclic amines) is 1. The molecule has 0 bridgehead atoms. The van der Waals surface area contributed by atoms with Crippen molar-refractivity contribution >= 4 is 11.9 Å². The molecular weight excluding hydrogens is 302 g/mol. The van der Waals surface area contributed by atoms with Gasteiger partial charge in [-0.15, -0.1) is 0 Å². The maximum absolute atomic E-state index is 12.5. The van der Waals surface area contributed by atoms with Gasteiger partial charge in [0.05, 0.1) is 6.04 Å². The van der Waals surface area contributed by atoms with Gasteiger partial charge in [0.15, 0.2) is 0 Å². The van der Waals surface area contributed by atoms with Crippen molar-refractivity contribution in [3.8, 4) is 0 Å². The molecule has 1 aromatic carbocycles. The number of rotatable bonds is 4.